The average molecular weight is 370 g/mol. The molecule has 116 valence electrons. The van der Waals surface area contributed by atoms with Gasteiger partial charge in [-0.1, -0.05) is 40.2 Å². The van der Waals surface area contributed by atoms with Crippen molar-refractivity contribution in [3.05, 3.63) is 89.2 Å². The van der Waals surface area contributed by atoms with Crippen molar-refractivity contribution in [2.24, 2.45) is 0 Å². The second kappa shape index (κ2) is 6.89. The summed E-state index contributed by atoms with van der Waals surface area (Å²) < 4.78 is 2.87. The number of aromatic nitrogens is 3. The van der Waals surface area contributed by atoms with Crippen LogP contribution in [0.3, 0.4) is 0 Å². The summed E-state index contributed by atoms with van der Waals surface area (Å²) in [6, 6.07) is 11.6. The fourth-order valence-corrected chi connectivity index (χ4v) is 2.59. The van der Waals surface area contributed by atoms with Crippen LogP contribution in [0.15, 0.2) is 78.1 Å². The molecule has 0 saturated carbocycles. The Morgan fingerprint density at radius 1 is 1.13 bits per heavy atom. The van der Waals surface area contributed by atoms with Crippen LogP contribution in [-0.4, -0.2) is 19.6 Å². The predicted molar refractivity (Wildman–Crippen MR) is 93.5 cm³/mol. The number of pyridine rings is 1. The molecule has 1 N–H and O–H groups in total. The molecule has 3 rings (SSSR count). The van der Waals surface area contributed by atoms with E-state index in [-0.39, 0.29) is 0 Å². The zero-order chi connectivity index (χ0) is 16.1. The van der Waals surface area contributed by atoms with Crippen molar-refractivity contribution < 1.29 is 5.11 Å². The van der Waals surface area contributed by atoms with E-state index in [2.05, 4.69) is 25.9 Å². The molecule has 0 saturated heterocycles. The fraction of sp³-hybridized carbons (Fsp3) is 0.111. The average Bonchev–Trinajstić information content (AvgIpc) is 3.08. The van der Waals surface area contributed by atoms with Gasteiger partial charge in [-0.15, -0.1) is 0 Å². The van der Waals surface area contributed by atoms with Crippen LogP contribution >= 0.6 is 15.9 Å². The third-order valence-electron chi connectivity index (χ3n) is 3.57. The molecule has 0 spiro atoms. The summed E-state index contributed by atoms with van der Waals surface area (Å²) >= 11 is 3.42. The summed E-state index contributed by atoms with van der Waals surface area (Å²) in [5, 5.41) is 11.2. The van der Waals surface area contributed by atoms with Crippen LogP contribution in [0.25, 0.3) is 6.08 Å². The SMILES string of the molecule is O[C@](/C=C\c1ccc(Br)cc1)(Cn1ccnc1)c1cccnc1. The maximum absolute atomic E-state index is 11.2. The molecule has 0 fully saturated rings. The van der Waals surface area contributed by atoms with E-state index in [1.807, 2.05) is 53.2 Å². The van der Waals surface area contributed by atoms with E-state index in [1.54, 1.807) is 31.0 Å². The monoisotopic (exact) mass is 369 g/mol. The Morgan fingerprint density at radius 2 is 1.96 bits per heavy atom. The van der Waals surface area contributed by atoms with Crippen molar-refractivity contribution in [2.75, 3.05) is 0 Å². The lowest BCUT2D eigenvalue weighted by Gasteiger charge is -2.25. The van der Waals surface area contributed by atoms with Crippen LogP contribution < -0.4 is 0 Å². The van der Waals surface area contributed by atoms with Crippen molar-refractivity contribution >= 4 is 22.0 Å². The number of rotatable bonds is 5. The Kier molecular flexibility index (Phi) is 4.69. The van der Waals surface area contributed by atoms with Crippen molar-refractivity contribution in [2.45, 2.75) is 12.1 Å². The zero-order valence-electron chi connectivity index (χ0n) is 12.4. The molecule has 1 aromatic carbocycles. The third-order valence-corrected chi connectivity index (χ3v) is 4.09. The molecule has 0 amide bonds. The quantitative estimate of drug-likeness (QED) is 0.746. The van der Waals surface area contributed by atoms with Gasteiger partial charge in [0.25, 0.3) is 0 Å². The molecule has 3 aromatic rings. The molecule has 2 heterocycles. The standard InChI is InChI=1S/C18H16BrN3O/c19-17-5-3-15(4-6-17)7-8-18(23,13-22-11-10-21-14-22)16-2-1-9-20-12-16/h1-12,14,23H,13H2/b8-7-/t18-/m1/s1. The first-order valence-electron chi connectivity index (χ1n) is 7.19. The number of nitrogens with zero attached hydrogens (tertiary/aromatic N) is 3. The molecule has 0 aliphatic heterocycles. The summed E-state index contributed by atoms with van der Waals surface area (Å²) in [6.45, 7) is 0.367. The predicted octanol–water partition coefficient (Wildman–Crippen LogP) is 3.64. The van der Waals surface area contributed by atoms with Gasteiger partial charge >= 0.3 is 0 Å². The van der Waals surface area contributed by atoms with Crippen LogP contribution in [0.1, 0.15) is 11.1 Å². The van der Waals surface area contributed by atoms with E-state index in [0.717, 1.165) is 15.6 Å². The highest BCUT2D eigenvalue weighted by molar-refractivity contribution is 9.10. The summed E-state index contributed by atoms with van der Waals surface area (Å²) in [6.07, 6.45) is 12.3. The van der Waals surface area contributed by atoms with Crippen LogP contribution in [0.5, 0.6) is 0 Å². The lowest BCUT2D eigenvalue weighted by Crippen LogP contribution is -2.28. The minimum absolute atomic E-state index is 0.367. The second-order valence-electron chi connectivity index (χ2n) is 5.29. The molecule has 4 nitrogen and oxygen atoms in total. The Balaban J connectivity index is 1.93. The van der Waals surface area contributed by atoms with E-state index in [0.29, 0.717) is 6.54 Å². The molecule has 1 atom stereocenters. The summed E-state index contributed by atoms with van der Waals surface area (Å²) in [7, 11) is 0. The first-order valence-corrected chi connectivity index (χ1v) is 7.98. The van der Waals surface area contributed by atoms with Crippen molar-refractivity contribution in [1.82, 2.24) is 14.5 Å². The van der Waals surface area contributed by atoms with E-state index in [4.69, 9.17) is 0 Å². The normalized spacial score (nSPS) is 14.0. The van der Waals surface area contributed by atoms with Crippen LogP contribution in [0.2, 0.25) is 0 Å². The molecule has 5 heteroatoms. The van der Waals surface area contributed by atoms with E-state index in [9.17, 15) is 5.11 Å². The molecule has 23 heavy (non-hydrogen) atoms. The van der Waals surface area contributed by atoms with E-state index >= 15 is 0 Å². The third kappa shape index (κ3) is 3.94. The lowest BCUT2D eigenvalue weighted by atomic mass is 9.93. The van der Waals surface area contributed by atoms with Gasteiger partial charge in [-0.3, -0.25) is 4.98 Å². The molecular formula is C18H16BrN3O. The number of imidazole rings is 1. The van der Waals surface area contributed by atoms with Crippen molar-refractivity contribution in [3.63, 3.8) is 0 Å². The first-order chi connectivity index (χ1) is 11.2. The van der Waals surface area contributed by atoms with Gasteiger partial charge in [-0.05, 0) is 29.8 Å². The van der Waals surface area contributed by atoms with E-state index in [1.165, 1.54) is 0 Å². The Morgan fingerprint density at radius 3 is 2.61 bits per heavy atom. The molecule has 0 aliphatic rings. The molecule has 2 aromatic heterocycles. The first kappa shape index (κ1) is 15.6. The Hall–Kier alpha value is -2.24. The van der Waals surface area contributed by atoms with Gasteiger partial charge in [-0.2, -0.15) is 0 Å². The van der Waals surface area contributed by atoms with Crippen molar-refractivity contribution in [1.29, 1.82) is 0 Å². The number of halogens is 1. The van der Waals surface area contributed by atoms with E-state index < -0.39 is 5.60 Å². The van der Waals surface area contributed by atoms with Gasteiger partial charge in [0.15, 0.2) is 0 Å². The highest BCUT2D eigenvalue weighted by atomic mass is 79.9. The molecule has 0 bridgehead atoms. The highest BCUT2D eigenvalue weighted by Gasteiger charge is 2.27. The second-order valence-corrected chi connectivity index (χ2v) is 6.20. The molecule has 0 unspecified atom stereocenters. The smallest absolute Gasteiger partial charge is 0.127 e. The maximum Gasteiger partial charge on any atom is 0.127 e. The van der Waals surface area contributed by atoms with Crippen molar-refractivity contribution in [3.8, 4) is 0 Å². The zero-order valence-corrected chi connectivity index (χ0v) is 14.0. The lowest BCUT2D eigenvalue weighted by molar-refractivity contribution is 0.0701. The molecule has 0 radical (unpaired) electrons. The summed E-state index contributed by atoms with van der Waals surface area (Å²) in [5.74, 6) is 0. The number of aliphatic hydroxyl groups is 1. The minimum atomic E-state index is -1.16. The largest absolute Gasteiger partial charge is 0.379 e. The topological polar surface area (TPSA) is 50.9 Å². The highest BCUT2D eigenvalue weighted by Crippen LogP contribution is 2.26. The van der Waals surface area contributed by atoms with Crippen LogP contribution in [0, 0.1) is 0 Å². The van der Waals surface area contributed by atoms with Gasteiger partial charge in [-0.25, -0.2) is 4.98 Å². The van der Waals surface area contributed by atoms with Gasteiger partial charge < -0.3 is 9.67 Å². The molecule has 0 aliphatic carbocycles. The summed E-state index contributed by atoms with van der Waals surface area (Å²) in [4.78, 5) is 8.16. The van der Waals surface area contributed by atoms with Gasteiger partial charge in [0.2, 0.25) is 0 Å². The number of benzene rings is 1. The maximum atomic E-state index is 11.2. The van der Waals surface area contributed by atoms with Gasteiger partial charge in [0.1, 0.15) is 5.60 Å². The summed E-state index contributed by atoms with van der Waals surface area (Å²) in [5.41, 5.74) is 0.588. The van der Waals surface area contributed by atoms with Crippen LogP contribution in [0.4, 0.5) is 0 Å². The Labute approximate surface area is 143 Å². The number of hydrogen-bond acceptors (Lipinski definition) is 3. The molecular weight excluding hydrogens is 354 g/mol. The van der Waals surface area contributed by atoms with Gasteiger partial charge in [0.05, 0.1) is 12.9 Å². The van der Waals surface area contributed by atoms with Crippen LogP contribution in [-0.2, 0) is 12.1 Å². The number of hydrogen-bond donors (Lipinski definition) is 1. The fourth-order valence-electron chi connectivity index (χ4n) is 2.33. The van der Waals surface area contributed by atoms with Gasteiger partial charge in [0, 0.05) is 34.8 Å². The minimum Gasteiger partial charge on any atom is -0.379 e. The Bertz CT molecular complexity index is 770.